The molecule has 1 amide bonds. The normalized spacial score (nSPS) is 20.6. The van der Waals surface area contributed by atoms with E-state index < -0.39 is 6.09 Å². The van der Waals surface area contributed by atoms with E-state index in [0.717, 1.165) is 19.3 Å². The first-order chi connectivity index (χ1) is 7.63. The Morgan fingerprint density at radius 3 is 2.88 bits per heavy atom. The van der Waals surface area contributed by atoms with Crippen LogP contribution in [0.5, 0.6) is 0 Å². The lowest BCUT2D eigenvalue weighted by atomic mass is 9.99. The molecule has 1 atom stereocenters. The molecule has 0 aliphatic carbocycles. The largest absolute Gasteiger partial charge is 0.465 e. The Hall–Kier alpha value is -1.26. The Balaban J connectivity index is 2.26. The molecule has 0 radical (unpaired) electrons. The van der Waals surface area contributed by atoms with E-state index in [1.807, 2.05) is 6.92 Å². The maximum Gasteiger partial charge on any atom is 0.407 e. The Morgan fingerprint density at radius 2 is 2.25 bits per heavy atom. The molecule has 0 spiro atoms. The number of piperidine rings is 1. The van der Waals surface area contributed by atoms with Gasteiger partial charge in [0.05, 0.1) is 6.61 Å². The number of carboxylic acid groups (broad SMARTS) is 1. The number of hydrogen-bond donors (Lipinski definition) is 1. The van der Waals surface area contributed by atoms with Crippen LogP contribution < -0.4 is 0 Å². The van der Waals surface area contributed by atoms with Crippen molar-refractivity contribution in [2.45, 2.75) is 32.6 Å². The maximum atomic E-state index is 11.1. The van der Waals surface area contributed by atoms with Crippen molar-refractivity contribution >= 4 is 12.1 Å². The standard InChI is InChI=1S/C11H19NO4/c1-2-4-10(13)16-8-9-5-3-6-12(7-9)11(14)15/h9H,2-8H2,1H3,(H,14,15)/t9-/m1/s1. The van der Waals surface area contributed by atoms with Crippen LogP contribution in [0.25, 0.3) is 0 Å². The summed E-state index contributed by atoms with van der Waals surface area (Å²) in [5.41, 5.74) is 0. The lowest BCUT2D eigenvalue weighted by molar-refractivity contribution is -0.145. The highest BCUT2D eigenvalue weighted by Crippen LogP contribution is 2.17. The van der Waals surface area contributed by atoms with E-state index >= 15 is 0 Å². The molecule has 5 heteroatoms. The molecule has 0 unspecified atom stereocenters. The van der Waals surface area contributed by atoms with E-state index in [4.69, 9.17) is 9.84 Å². The quantitative estimate of drug-likeness (QED) is 0.745. The van der Waals surface area contributed by atoms with Crippen LogP contribution in [-0.4, -0.2) is 41.8 Å². The number of nitrogens with zero attached hydrogens (tertiary/aromatic N) is 1. The number of carbonyl (C=O) groups excluding carboxylic acids is 1. The lowest BCUT2D eigenvalue weighted by Gasteiger charge is -2.30. The summed E-state index contributed by atoms with van der Waals surface area (Å²) in [4.78, 5) is 23.3. The zero-order chi connectivity index (χ0) is 12.0. The van der Waals surface area contributed by atoms with E-state index in [2.05, 4.69) is 0 Å². The molecule has 5 nitrogen and oxygen atoms in total. The molecule has 0 aromatic carbocycles. The number of amides is 1. The van der Waals surface area contributed by atoms with Crippen LogP contribution in [0.15, 0.2) is 0 Å². The molecule has 1 fully saturated rings. The molecular weight excluding hydrogens is 210 g/mol. The summed E-state index contributed by atoms with van der Waals surface area (Å²) >= 11 is 0. The third-order valence-corrected chi connectivity index (χ3v) is 2.72. The molecule has 16 heavy (non-hydrogen) atoms. The minimum absolute atomic E-state index is 0.158. The van der Waals surface area contributed by atoms with Crippen molar-refractivity contribution in [3.63, 3.8) is 0 Å². The summed E-state index contributed by atoms with van der Waals surface area (Å²) in [5.74, 6) is -0.0272. The highest BCUT2D eigenvalue weighted by atomic mass is 16.5. The van der Waals surface area contributed by atoms with Gasteiger partial charge < -0.3 is 14.7 Å². The maximum absolute atomic E-state index is 11.1. The molecule has 1 aliphatic rings. The SMILES string of the molecule is CCCC(=O)OC[C@@H]1CCCN(C(=O)O)C1. The first-order valence-corrected chi connectivity index (χ1v) is 5.77. The lowest BCUT2D eigenvalue weighted by Crippen LogP contribution is -2.40. The van der Waals surface area contributed by atoms with Gasteiger partial charge in [-0.25, -0.2) is 4.79 Å². The monoisotopic (exact) mass is 229 g/mol. The molecule has 0 aromatic rings. The van der Waals surface area contributed by atoms with Crippen molar-refractivity contribution in [1.82, 2.24) is 4.90 Å². The molecule has 1 heterocycles. The fourth-order valence-corrected chi connectivity index (χ4v) is 1.86. The average molecular weight is 229 g/mol. The molecule has 1 aliphatic heterocycles. The summed E-state index contributed by atoms with van der Waals surface area (Å²) < 4.78 is 5.09. The number of ether oxygens (including phenoxy) is 1. The molecule has 92 valence electrons. The van der Waals surface area contributed by atoms with E-state index in [1.54, 1.807) is 0 Å². The van der Waals surface area contributed by atoms with Gasteiger partial charge in [0.2, 0.25) is 0 Å². The second kappa shape index (κ2) is 6.35. The first kappa shape index (κ1) is 12.8. The van der Waals surface area contributed by atoms with E-state index in [9.17, 15) is 9.59 Å². The minimum atomic E-state index is -0.885. The Morgan fingerprint density at radius 1 is 1.50 bits per heavy atom. The average Bonchev–Trinajstić information content (AvgIpc) is 2.27. The fourth-order valence-electron chi connectivity index (χ4n) is 1.86. The number of carbonyl (C=O) groups is 2. The van der Waals surface area contributed by atoms with Crippen molar-refractivity contribution in [3.05, 3.63) is 0 Å². The highest BCUT2D eigenvalue weighted by Gasteiger charge is 2.23. The molecule has 1 N–H and O–H groups in total. The molecule has 1 rings (SSSR count). The van der Waals surface area contributed by atoms with E-state index in [1.165, 1.54) is 4.90 Å². The predicted octanol–water partition coefficient (Wildman–Crippen LogP) is 1.72. The molecule has 0 aromatic heterocycles. The zero-order valence-corrected chi connectivity index (χ0v) is 9.65. The van der Waals surface area contributed by atoms with Gasteiger partial charge in [-0.15, -0.1) is 0 Å². The van der Waals surface area contributed by atoms with Gasteiger partial charge >= 0.3 is 12.1 Å². The molecule has 0 bridgehead atoms. The number of hydrogen-bond acceptors (Lipinski definition) is 3. The van der Waals surface area contributed by atoms with Gasteiger partial charge in [-0.2, -0.15) is 0 Å². The zero-order valence-electron chi connectivity index (χ0n) is 9.65. The van der Waals surface area contributed by atoms with Crippen LogP contribution in [0.4, 0.5) is 4.79 Å². The van der Waals surface area contributed by atoms with Gasteiger partial charge in [-0.05, 0) is 19.3 Å². The van der Waals surface area contributed by atoms with Crippen molar-refractivity contribution in [3.8, 4) is 0 Å². The molecule has 1 saturated heterocycles. The van der Waals surface area contributed by atoms with E-state index in [0.29, 0.717) is 26.1 Å². The fraction of sp³-hybridized carbons (Fsp3) is 0.818. The van der Waals surface area contributed by atoms with Gasteiger partial charge in [0.25, 0.3) is 0 Å². The summed E-state index contributed by atoms with van der Waals surface area (Å²) in [7, 11) is 0. The summed E-state index contributed by atoms with van der Waals surface area (Å²) in [5, 5.41) is 8.84. The minimum Gasteiger partial charge on any atom is -0.465 e. The Kier molecular flexibility index (Phi) is 5.08. The Bertz CT molecular complexity index is 254. The van der Waals surface area contributed by atoms with Crippen LogP contribution in [-0.2, 0) is 9.53 Å². The van der Waals surface area contributed by atoms with Gasteiger partial charge in [0.15, 0.2) is 0 Å². The van der Waals surface area contributed by atoms with Crippen molar-refractivity contribution in [2.24, 2.45) is 5.92 Å². The van der Waals surface area contributed by atoms with Crippen LogP contribution in [0, 0.1) is 5.92 Å². The number of likely N-dealkylation sites (tertiary alicyclic amines) is 1. The summed E-state index contributed by atoms with van der Waals surface area (Å²) in [6.07, 6.45) is 2.12. The summed E-state index contributed by atoms with van der Waals surface area (Å²) in [6.45, 7) is 3.35. The van der Waals surface area contributed by atoms with Crippen molar-refractivity contribution < 1.29 is 19.4 Å². The van der Waals surface area contributed by atoms with Crippen molar-refractivity contribution in [1.29, 1.82) is 0 Å². The number of rotatable bonds is 4. The van der Waals surface area contributed by atoms with Gasteiger partial charge in [0, 0.05) is 25.4 Å². The third-order valence-electron chi connectivity index (χ3n) is 2.72. The first-order valence-electron chi connectivity index (χ1n) is 5.77. The molecule has 0 saturated carbocycles. The van der Waals surface area contributed by atoms with Gasteiger partial charge in [0.1, 0.15) is 0 Å². The van der Waals surface area contributed by atoms with Crippen LogP contribution >= 0.6 is 0 Å². The number of esters is 1. The van der Waals surface area contributed by atoms with Gasteiger partial charge in [-0.1, -0.05) is 6.92 Å². The van der Waals surface area contributed by atoms with Crippen LogP contribution in [0.3, 0.4) is 0 Å². The second-order valence-electron chi connectivity index (χ2n) is 4.17. The third kappa shape index (κ3) is 4.08. The predicted molar refractivity (Wildman–Crippen MR) is 58.2 cm³/mol. The Labute approximate surface area is 95.4 Å². The smallest absolute Gasteiger partial charge is 0.407 e. The van der Waals surface area contributed by atoms with Crippen LogP contribution in [0.1, 0.15) is 32.6 Å². The van der Waals surface area contributed by atoms with Crippen LogP contribution in [0.2, 0.25) is 0 Å². The van der Waals surface area contributed by atoms with Gasteiger partial charge in [-0.3, -0.25) is 4.79 Å². The summed E-state index contributed by atoms with van der Waals surface area (Å²) in [6, 6.07) is 0. The van der Waals surface area contributed by atoms with Crippen molar-refractivity contribution in [2.75, 3.05) is 19.7 Å². The molecular formula is C11H19NO4. The topological polar surface area (TPSA) is 66.8 Å². The second-order valence-corrected chi connectivity index (χ2v) is 4.17. The van der Waals surface area contributed by atoms with E-state index in [-0.39, 0.29) is 11.9 Å². The highest BCUT2D eigenvalue weighted by molar-refractivity contribution is 5.69.